The number of nitrogens with one attached hydrogen (secondary N) is 1. The summed E-state index contributed by atoms with van der Waals surface area (Å²) >= 11 is 0. The topological polar surface area (TPSA) is 59.2 Å². The molecule has 1 unspecified atom stereocenters. The summed E-state index contributed by atoms with van der Waals surface area (Å²) in [6, 6.07) is 32.1. The van der Waals surface area contributed by atoms with Crippen LogP contribution in [0.15, 0.2) is 108 Å². The predicted octanol–water partition coefficient (Wildman–Crippen LogP) is 6.72. The van der Waals surface area contributed by atoms with Gasteiger partial charge in [0.15, 0.2) is 9.84 Å². The number of H-pyrrole nitrogens is 1. The van der Waals surface area contributed by atoms with Crippen molar-refractivity contribution in [1.29, 1.82) is 0 Å². The van der Waals surface area contributed by atoms with E-state index in [1.54, 1.807) is 19.2 Å². The Morgan fingerprint density at radius 3 is 2.15 bits per heavy atom. The SMILES string of the molecule is COc1ccccc1C(c1c(-c2ccccc2)[nH]c2ccccc12)S(=O)(=O)c1ccc(C)cc1. The molecule has 0 saturated heterocycles. The Labute approximate surface area is 199 Å². The molecule has 0 saturated carbocycles. The normalized spacial score (nSPS) is 12.5. The van der Waals surface area contributed by atoms with Crippen LogP contribution in [0, 0.1) is 6.92 Å². The van der Waals surface area contributed by atoms with Gasteiger partial charge in [-0.05, 0) is 36.8 Å². The minimum absolute atomic E-state index is 0.276. The van der Waals surface area contributed by atoms with Crippen LogP contribution in [0.5, 0.6) is 5.75 Å². The number of hydrogen-bond acceptors (Lipinski definition) is 3. The van der Waals surface area contributed by atoms with Gasteiger partial charge in [0.2, 0.25) is 0 Å². The first-order chi connectivity index (χ1) is 16.5. The molecule has 1 N–H and O–H groups in total. The quantitative estimate of drug-likeness (QED) is 0.302. The molecule has 4 nitrogen and oxygen atoms in total. The van der Waals surface area contributed by atoms with E-state index in [0.717, 1.165) is 27.7 Å². The zero-order valence-electron chi connectivity index (χ0n) is 19.0. The first-order valence-electron chi connectivity index (χ1n) is 11.1. The fourth-order valence-corrected chi connectivity index (χ4v) is 6.37. The molecule has 0 aliphatic carbocycles. The Morgan fingerprint density at radius 1 is 0.765 bits per heavy atom. The number of fused-ring (bicyclic) bond motifs is 1. The van der Waals surface area contributed by atoms with Gasteiger partial charge in [-0.15, -0.1) is 0 Å². The lowest BCUT2D eigenvalue weighted by Crippen LogP contribution is -2.17. The van der Waals surface area contributed by atoms with Crippen LogP contribution >= 0.6 is 0 Å². The molecular weight excluding hydrogens is 442 g/mol. The van der Waals surface area contributed by atoms with Gasteiger partial charge in [-0.1, -0.05) is 84.4 Å². The van der Waals surface area contributed by atoms with E-state index in [4.69, 9.17) is 4.74 Å². The molecule has 0 amide bonds. The van der Waals surface area contributed by atoms with Crippen molar-refractivity contribution in [3.05, 3.63) is 120 Å². The molecule has 1 aromatic heterocycles. The van der Waals surface area contributed by atoms with Crippen molar-refractivity contribution in [1.82, 2.24) is 4.98 Å². The lowest BCUT2D eigenvalue weighted by molar-refractivity contribution is 0.410. The van der Waals surface area contributed by atoms with Crippen LogP contribution in [0.3, 0.4) is 0 Å². The number of para-hydroxylation sites is 2. The molecule has 4 aromatic carbocycles. The fourth-order valence-electron chi connectivity index (χ4n) is 4.49. The molecule has 0 aliphatic heterocycles. The van der Waals surface area contributed by atoms with Crippen LogP contribution in [0.1, 0.15) is 21.9 Å². The third-order valence-electron chi connectivity index (χ3n) is 6.15. The van der Waals surface area contributed by atoms with E-state index in [0.29, 0.717) is 16.9 Å². The Bertz CT molecular complexity index is 1550. The number of rotatable bonds is 6. The second-order valence-electron chi connectivity index (χ2n) is 8.31. The second-order valence-corrected chi connectivity index (χ2v) is 10.3. The van der Waals surface area contributed by atoms with Crippen molar-refractivity contribution < 1.29 is 13.2 Å². The molecule has 170 valence electrons. The average Bonchev–Trinajstić information content (AvgIpc) is 3.24. The molecule has 5 rings (SSSR count). The van der Waals surface area contributed by atoms with Crippen LogP contribution in [0.2, 0.25) is 0 Å². The molecular formula is C29H25NO3S. The molecule has 0 spiro atoms. The van der Waals surface area contributed by atoms with Crippen molar-refractivity contribution in [2.24, 2.45) is 0 Å². The Balaban J connectivity index is 1.88. The first kappa shape index (κ1) is 22.0. The number of aryl methyl sites for hydroxylation is 1. The Morgan fingerprint density at radius 2 is 1.41 bits per heavy atom. The number of hydrogen-bond donors (Lipinski definition) is 1. The molecule has 1 atom stereocenters. The minimum atomic E-state index is -3.85. The van der Waals surface area contributed by atoms with Gasteiger partial charge in [-0.25, -0.2) is 8.42 Å². The molecule has 5 aromatic rings. The van der Waals surface area contributed by atoms with Crippen molar-refractivity contribution in [2.75, 3.05) is 7.11 Å². The largest absolute Gasteiger partial charge is 0.496 e. The van der Waals surface area contributed by atoms with E-state index in [1.807, 2.05) is 97.9 Å². The number of methoxy groups -OCH3 is 1. The monoisotopic (exact) mass is 467 g/mol. The molecule has 34 heavy (non-hydrogen) atoms. The summed E-state index contributed by atoms with van der Waals surface area (Å²) in [6.07, 6.45) is 0. The highest BCUT2D eigenvalue weighted by Gasteiger charge is 2.37. The molecule has 0 bridgehead atoms. The summed E-state index contributed by atoms with van der Waals surface area (Å²) in [4.78, 5) is 3.77. The maximum atomic E-state index is 14.4. The van der Waals surface area contributed by atoms with Crippen LogP contribution < -0.4 is 4.74 Å². The smallest absolute Gasteiger partial charge is 0.189 e. The van der Waals surface area contributed by atoms with E-state index in [2.05, 4.69) is 4.98 Å². The Kier molecular flexibility index (Phi) is 5.72. The van der Waals surface area contributed by atoms with Crippen molar-refractivity contribution in [2.45, 2.75) is 17.1 Å². The minimum Gasteiger partial charge on any atom is -0.496 e. The average molecular weight is 468 g/mol. The number of ether oxygens (including phenoxy) is 1. The van der Waals surface area contributed by atoms with Gasteiger partial charge in [0.1, 0.15) is 11.0 Å². The predicted molar refractivity (Wildman–Crippen MR) is 137 cm³/mol. The number of sulfone groups is 1. The van der Waals surface area contributed by atoms with Gasteiger partial charge in [0, 0.05) is 22.0 Å². The summed E-state index contributed by atoms with van der Waals surface area (Å²) in [7, 11) is -2.28. The second kappa shape index (κ2) is 8.84. The highest BCUT2D eigenvalue weighted by atomic mass is 32.2. The first-order valence-corrected chi connectivity index (χ1v) is 12.6. The van der Waals surface area contributed by atoms with Crippen LogP contribution in [-0.2, 0) is 9.84 Å². The van der Waals surface area contributed by atoms with Crippen LogP contribution in [-0.4, -0.2) is 20.5 Å². The lowest BCUT2D eigenvalue weighted by atomic mass is 9.97. The van der Waals surface area contributed by atoms with Gasteiger partial charge in [-0.2, -0.15) is 0 Å². The van der Waals surface area contributed by atoms with Gasteiger partial charge in [-0.3, -0.25) is 0 Å². The van der Waals surface area contributed by atoms with Crippen molar-refractivity contribution >= 4 is 20.7 Å². The van der Waals surface area contributed by atoms with Crippen LogP contribution in [0.25, 0.3) is 22.2 Å². The van der Waals surface area contributed by atoms with E-state index >= 15 is 0 Å². The molecule has 0 fully saturated rings. The van der Waals surface area contributed by atoms with Gasteiger partial charge in [0.05, 0.1) is 17.7 Å². The molecule has 0 aliphatic rings. The lowest BCUT2D eigenvalue weighted by Gasteiger charge is -2.22. The fraction of sp³-hybridized carbons (Fsp3) is 0.103. The summed E-state index contributed by atoms with van der Waals surface area (Å²) in [5, 5.41) is -0.106. The van der Waals surface area contributed by atoms with Gasteiger partial charge < -0.3 is 9.72 Å². The molecule has 0 radical (unpaired) electrons. The maximum Gasteiger partial charge on any atom is 0.189 e. The third kappa shape index (κ3) is 3.78. The summed E-state index contributed by atoms with van der Waals surface area (Å²) in [5.74, 6) is 0.535. The Hall–Kier alpha value is -3.83. The van der Waals surface area contributed by atoms with Crippen LogP contribution in [0.4, 0.5) is 0 Å². The zero-order chi connectivity index (χ0) is 23.7. The number of benzene rings is 4. The van der Waals surface area contributed by atoms with Gasteiger partial charge in [0.25, 0.3) is 0 Å². The summed E-state index contributed by atoms with van der Waals surface area (Å²) < 4.78 is 34.4. The van der Waals surface area contributed by atoms with Crippen molar-refractivity contribution in [3.8, 4) is 17.0 Å². The van der Waals surface area contributed by atoms with E-state index in [9.17, 15) is 8.42 Å². The van der Waals surface area contributed by atoms with E-state index in [1.165, 1.54) is 0 Å². The van der Waals surface area contributed by atoms with E-state index < -0.39 is 15.1 Å². The highest BCUT2D eigenvalue weighted by molar-refractivity contribution is 7.92. The standard InChI is InChI=1S/C29H25NO3S/c1-20-16-18-22(19-17-20)34(31,32)29(24-13-7-9-15-26(24)33-2)27-23-12-6-8-14-25(23)30-28(27)21-10-4-3-5-11-21/h3-19,29-30H,1-2H3. The maximum absolute atomic E-state index is 14.4. The number of aromatic amines is 1. The highest BCUT2D eigenvalue weighted by Crippen LogP contribution is 2.46. The molecule has 1 heterocycles. The third-order valence-corrected chi connectivity index (χ3v) is 8.19. The molecule has 5 heteroatoms. The summed E-state index contributed by atoms with van der Waals surface area (Å²) in [6.45, 7) is 1.95. The van der Waals surface area contributed by atoms with Gasteiger partial charge >= 0.3 is 0 Å². The zero-order valence-corrected chi connectivity index (χ0v) is 19.8. The number of aromatic nitrogens is 1. The van der Waals surface area contributed by atoms with E-state index in [-0.39, 0.29) is 4.90 Å². The summed E-state index contributed by atoms with van der Waals surface area (Å²) in [5.41, 5.74) is 4.92. The van der Waals surface area contributed by atoms with Crippen molar-refractivity contribution in [3.63, 3.8) is 0 Å².